The molecule has 0 aliphatic carbocycles. The Morgan fingerprint density at radius 1 is 1.47 bits per heavy atom. The van der Waals surface area contributed by atoms with Crippen LogP contribution in [0, 0.1) is 0 Å². The molecule has 84 valence electrons. The van der Waals surface area contributed by atoms with E-state index in [0.717, 1.165) is 10.6 Å². The third-order valence-corrected chi connectivity index (χ3v) is 2.25. The summed E-state index contributed by atoms with van der Waals surface area (Å²) in [6, 6.07) is 8.20. The normalized spacial score (nSPS) is 10.9. The number of carbonyl (C=O) groups excluding carboxylic acids is 1. The van der Waals surface area contributed by atoms with E-state index < -0.39 is 0 Å². The molecule has 1 N–H and O–H groups in total. The van der Waals surface area contributed by atoms with Crippen molar-refractivity contribution in [3.8, 4) is 0 Å². The lowest BCUT2D eigenvalue weighted by atomic mass is 10.1. The van der Waals surface area contributed by atoms with Crippen molar-refractivity contribution >= 4 is 18.1 Å². The number of hydrogen-bond acceptors (Lipinski definition) is 3. The number of nitrogens with one attached hydrogen (secondary N) is 1. The highest BCUT2D eigenvalue weighted by Crippen LogP contribution is 2.21. The van der Waals surface area contributed by atoms with Crippen LogP contribution in [0.4, 0.5) is 0 Å². The van der Waals surface area contributed by atoms with Crippen LogP contribution in [0.15, 0.2) is 24.3 Å². The second kappa shape index (κ2) is 8.26. The summed E-state index contributed by atoms with van der Waals surface area (Å²) in [5, 5.41) is 3.97. The fraction of sp³-hybridized carbons (Fsp3) is 0.364. The van der Waals surface area contributed by atoms with Gasteiger partial charge in [0, 0.05) is 11.1 Å². The van der Waals surface area contributed by atoms with Crippen LogP contribution in [0.1, 0.15) is 18.5 Å². The number of hydrogen-bond donors (Lipinski definition) is 1. The van der Waals surface area contributed by atoms with Crippen LogP contribution in [-0.2, 0) is 9.53 Å². The topological polar surface area (TPSA) is 38.3 Å². The predicted octanol–water partition coefficient (Wildman–Crippen LogP) is 2.41. The molecule has 15 heavy (non-hydrogen) atoms. The van der Waals surface area contributed by atoms with Gasteiger partial charge in [-0.05, 0) is 25.6 Å². The molecule has 0 aliphatic heterocycles. The van der Waals surface area contributed by atoms with Gasteiger partial charge in [-0.3, -0.25) is 4.79 Å². The lowest BCUT2D eigenvalue weighted by Gasteiger charge is -2.11. The van der Waals surface area contributed by atoms with E-state index in [-0.39, 0.29) is 0 Å². The summed E-state index contributed by atoms with van der Waals surface area (Å²) in [6.45, 7) is 2.46. The maximum atomic E-state index is 8.95. The quantitative estimate of drug-likeness (QED) is 0.809. The molecular weight excluding hydrogens is 214 g/mol. The fourth-order valence-electron chi connectivity index (χ4n) is 0.982. The highest BCUT2D eigenvalue weighted by molar-refractivity contribution is 6.31. The number of halogens is 1. The second-order valence-corrected chi connectivity index (χ2v) is 3.27. The monoisotopic (exact) mass is 229 g/mol. The second-order valence-electron chi connectivity index (χ2n) is 2.86. The molecule has 1 unspecified atom stereocenters. The van der Waals surface area contributed by atoms with E-state index in [1.165, 1.54) is 7.11 Å². The molecule has 1 rings (SSSR count). The summed E-state index contributed by atoms with van der Waals surface area (Å²) in [4.78, 5) is 8.95. The summed E-state index contributed by atoms with van der Waals surface area (Å²) in [5.41, 5.74) is 1.15. The van der Waals surface area contributed by atoms with Crippen molar-refractivity contribution in [3.05, 3.63) is 34.9 Å². The summed E-state index contributed by atoms with van der Waals surface area (Å²) >= 11 is 5.96. The van der Waals surface area contributed by atoms with E-state index in [0.29, 0.717) is 12.5 Å². The first-order valence-electron chi connectivity index (χ1n) is 4.55. The molecule has 0 aromatic heterocycles. The largest absolute Gasteiger partial charge is 0.471 e. The van der Waals surface area contributed by atoms with Crippen LogP contribution in [0.2, 0.25) is 5.02 Å². The predicted molar refractivity (Wildman–Crippen MR) is 62.0 cm³/mol. The smallest absolute Gasteiger partial charge is 0.292 e. The number of ether oxygens (including phenoxy) is 1. The van der Waals surface area contributed by atoms with Crippen molar-refractivity contribution in [3.63, 3.8) is 0 Å². The van der Waals surface area contributed by atoms with E-state index in [9.17, 15) is 0 Å². The zero-order valence-corrected chi connectivity index (χ0v) is 9.91. The Hall–Kier alpha value is -1.06. The molecule has 4 heteroatoms. The van der Waals surface area contributed by atoms with Crippen molar-refractivity contribution in [1.29, 1.82) is 0 Å². The molecule has 0 saturated heterocycles. The molecule has 0 amide bonds. The molecule has 3 nitrogen and oxygen atoms in total. The van der Waals surface area contributed by atoms with Crippen molar-refractivity contribution in [2.24, 2.45) is 0 Å². The van der Waals surface area contributed by atoms with Gasteiger partial charge in [-0.25, -0.2) is 0 Å². The van der Waals surface area contributed by atoms with E-state index in [1.807, 2.05) is 31.3 Å². The van der Waals surface area contributed by atoms with Crippen LogP contribution >= 0.6 is 11.6 Å². The van der Waals surface area contributed by atoms with Crippen LogP contribution in [0.5, 0.6) is 0 Å². The van der Waals surface area contributed by atoms with Crippen molar-refractivity contribution < 1.29 is 9.53 Å². The lowest BCUT2D eigenvalue weighted by Crippen LogP contribution is -2.12. The molecule has 0 saturated carbocycles. The van der Waals surface area contributed by atoms with Crippen LogP contribution in [0.25, 0.3) is 0 Å². The van der Waals surface area contributed by atoms with Crippen LogP contribution in [-0.4, -0.2) is 20.6 Å². The molecule has 1 aromatic rings. The van der Waals surface area contributed by atoms with Gasteiger partial charge < -0.3 is 10.1 Å². The first-order chi connectivity index (χ1) is 7.17. The minimum atomic E-state index is 0.323. The van der Waals surface area contributed by atoms with Crippen LogP contribution < -0.4 is 5.32 Å². The third kappa shape index (κ3) is 5.40. The molecule has 0 radical (unpaired) electrons. The van der Waals surface area contributed by atoms with Crippen molar-refractivity contribution in [1.82, 2.24) is 5.32 Å². The maximum absolute atomic E-state index is 8.95. The zero-order valence-electron chi connectivity index (χ0n) is 9.16. The van der Waals surface area contributed by atoms with Gasteiger partial charge in [-0.15, -0.1) is 0 Å². The number of carbonyl (C=O) groups is 1. The summed E-state index contributed by atoms with van der Waals surface area (Å²) in [5.74, 6) is 0. The molecule has 1 atom stereocenters. The van der Waals surface area contributed by atoms with E-state index >= 15 is 0 Å². The van der Waals surface area contributed by atoms with E-state index in [4.69, 9.17) is 16.4 Å². The highest BCUT2D eigenvalue weighted by atomic mass is 35.5. The van der Waals surface area contributed by atoms with E-state index in [2.05, 4.69) is 17.0 Å². The summed E-state index contributed by atoms with van der Waals surface area (Å²) < 4.78 is 3.86. The first-order valence-corrected chi connectivity index (χ1v) is 4.93. The van der Waals surface area contributed by atoms with Crippen molar-refractivity contribution in [2.45, 2.75) is 13.0 Å². The molecule has 0 aliphatic rings. The minimum Gasteiger partial charge on any atom is -0.471 e. The van der Waals surface area contributed by atoms with Gasteiger partial charge >= 0.3 is 0 Å². The Balaban J connectivity index is 0.000000423. The van der Waals surface area contributed by atoms with Gasteiger partial charge in [0.2, 0.25) is 0 Å². The molecule has 0 spiro atoms. The molecule has 1 aromatic carbocycles. The number of methoxy groups -OCH3 is 1. The SMILES string of the molecule is CNC(C)c1ccccc1Cl.COC=O. The first kappa shape index (κ1) is 13.9. The molecule has 0 heterocycles. The number of rotatable bonds is 3. The lowest BCUT2D eigenvalue weighted by molar-refractivity contribution is -0.126. The van der Waals surface area contributed by atoms with Crippen molar-refractivity contribution in [2.75, 3.05) is 14.2 Å². The average molecular weight is 230 g/mol. The third-order valence-electron chi connectivity index (χ3n) is 1.90. The molecule has 0 fully saturated rings. The Bertz CT molecular complexity index is 292. The van der Waals surface area contributed by atoms with E-state index in [1.54, 1.807) is 0 Å². The fourth-order valence-corrected chi connectivity index (χ4v) is 1.28. The standard InChI is InChI=1S/C9H12ClN.C2H4O2/c1-7(11-2)8-5-3-4-6-9(8)10;1-4-2-3/h3-7,11H,1-2H3;2H,1H3. The van der Waals surface area contributed by atoms with Crippen LogP contribution in [0.3, 0.4) is 0 Å². The minimum absolute atomic E-state index is 0.323. The van der Waals surface area contributed by atoms with Gasteiger partial charge in [0.05, 0.1) is 7.11 Å². The number of benzene rings is 1. The summed E-state index contributed by atoms with van der Waals surface area (Å²) in [6.07, 6.45) is 0. The maximum Gasteiger partial charge on any atom is 0.292 e. The Morgan fingerprint density at radius 3 is 2.40 bits per heavy atom. The van der Waals surface area contributed by atoms with Gasteiger partial charge in [0.15, 0.2) is 0 Å². The Morgan fingerprint density at radius 2 is 2.00 bits per heavy atom. The average Bonchev–Trinajstić information content (AvgIpc) is 2.29. The van der Waals surface area contributed by atoms with Gasteiger partial charge in [0.1, 0.15) is 0 Å². The molecule has 0 bridgehead atoms. The summed E-state index contributed by atoms with van der Waals surface area (Å²) in [7, 11) is 3.24. The highest BCUT2D eigenvalue weighted by Gasteiger charge is 2.04. The molecular formula is C11H16ClNO2. The zero-order chi connectivity index (χ0) is 11.7. The van der Waals surface area contributed by atoms with Gasteiger partial charge in [0.25, 0.3) is 6.47 Å². The van der Waals surface area contributed by atoms with Gasteiger partial charge in [-0.1, -0.05) is 29.8 Å². The van der Waals surface area contributed by atoms with Gasteiger partial charge in [-0.2, -0.15) is 0 Å². The Kier molecular flexibility index (Phi) is 7.68. The Labute approximate surface area is 95.4 Å².